The summed E-state index contributed by atoms with van der Waals surface area (Å²) in [5.41, 5.74) is 6.43. The first kappa shape index (κ1) is 18.8. The number of nitrogens with zero attached hydrogens (tertiary/aromatic N) is 3. The number of benzene rings is 2. The standard InChI is InChI=1S/C18H15ClN4O3S/c1-11-4-3-5-15(19)17(11)22-21-12(2)13-6-8-14(9-7-13)26-18-20-10-16(27-18)23(24)25/h3-10,22H,1-2H3/b21-12-. The molecule has 9 heteroatoms. The predicted molar refractivity (Wildman–Crippen MR) is 107 cm³/mol. The Morgan fingerprint density at radius 2 is 2.04 bits per heavy atom. The van der Waals surface area contributed by atoms with Crippen molar-refractivity contribution in [2.24, 2.45) is 5.10 Å². The molecule has 0 amide bonds. The molecule has 138 valence electrons. The molecule has 0 aliphatic rings. The summed E-state index contributed by atoms with van der Waals surface area (Å²) in [6, 6.07) is 12.8. The van der Waals surface area contributed by atoms with Crippen molar-refractivity contribution in [1.82, 2.24) is 4.98 Å². The van der Waals surface area contributed by atoms with E-state index >= 15 is 0 Å². The summed E-state index contributed by atoms with van der Waals surface area (Å²) in [5, 5.41) is 15.8. The third-order valence-corrected chi connectivity index (χ3v) is 4.83. The van der Waals surface area contributed by atoms with Crippen molar-refractivity contribution >= 4 is 39.3 Å². The van der Waals surface area contributed by atoms with E-state index in [1.807, 2.05) is 38.1 Å². The predicted octanol–water partition coefficient (Wildman–Crippen LogP) is 5.64. The zero-order valence-electron chi connectivity index (χ0n) is 14.5. The Kier molecular flexibility index (Phi) is 5.68. The zero-order valence-corrected chi connectivity index (χ0v) is 16.0. The van der Waals surface area contributed by atoms with Gasteiger partial charge in [-0.1, -0.05) is 23.7 Å². The average Bonchev–Trinajstić information content (AvgIpc) is 3.10. The fraction of sp³-hybridized carbons (Fsp3) is 0.111. The number of ether oxygens (including phenoxy) is 1. The van der Waals surface area contributed by atoms with Crippen molar-refractivity contribution in [3.8, 4) is 10.9 Å². The Labute approximate surface area is 164 Å². The summed E-state index contributed by atoms with van der Waals surface area (Å²) in [7, 11) is 0. The monoisotopic (exact) mass is 402 g/mol. The van der Waals surface area contributed by atoms with Gasteiger partial charge < -0.3 is 4.74 Å². The number of thiazole rings is 1. The maximum absolute atomic E-state index is 10.7. The molecule has 0 aliphatic carbocycles. The van der Waals surface area contributed by atoms with Crippen LogP contribution < -0.4 is 10.2 Å². The summed E-state index contributed by atoms with van der Waals surface area (Å²) in [5.74, 6) is 0.533. The maximum Gasteiger partial charge on any atom is 0.347 e. The number of para-hydroxylation sites is 1. The van der Waals surface area contributed by atoms with Crippen LogP contribution in [0.15, 0.2) is 53.8 Å². The Morgan fingerprint density at radius 3 is 2.67 bits per heavy atom. The summed E-state index contributed by atoms with van der Waals surface area (Å²) in [6.45, 7) is 3.83. The number of nitrogens with one attached hydrogen (secondary N) is 1. The van der Waals surface area contributed by atoms with Gasteiger partial charge in [0.1, 0.15) is 11.9 Å². The topological polar surface area (TPSA) is 89.7 Å². The molecular formula is C18H15ClN4O3S. The Balaban J connectivity index is 1.69. The number of aryl methyl sites for hydroxylation is 1. The number of anilines is 1. The van der Waals surface area contributed by atoms with Gasteiger partial charge in [-0.15, -0.1) is 0 Å². The first-order valence-electron chi connectivity index (χ1n) is 7.88. The van der Waals surface area contributed by atoms with Gasteiger partial charge in [0.15, 0.2) is 0 Å². The largest absolute Gasteiger partial charge is 0.431 e. The fourth-order valence-corrected chi connectivity index (χ4v) is 3.09. The lowest BCUT2D eigenvalue weighted by Crippen LogP contribution is -2.01. The first-order valence-corrected chi connectivity index (χ1v) is 9.07. The fourth-order valence-electron chi connectivity index (χ4n) is 2.22. The Bertz CT molecular complexity index is 982. The lowest BCUT2D eigenvalue weighted by atomic mass is 10.1. The van der Waals surface area contributed by atoms with Gasteiger partial charge in [-0.05, 0) is 66.6 Å². The van der Waals surface area contributed by atoms with Gasteiger partial charge in [0.05, 0.1) is 21.3 Å². The van der Waals surface area contributed by atoms with Crippen LogP contribution in [0.25, 0.3) is 0 Å². The minimum atomic E-state index is -0.499. The molecule has 0 bridgehead atoms. The van der Waals surface area contributed by atoms with Gasteiger partial charge in [-0.2, -0.15) is 5.10 Å². The quantitative estimate of drug-likeness (QED) is 0.327. The van der Waals surface area contributed by atoms with E-state index in [0.717, 1.165) is 33.9 Å². The SMILES string of the molecule is C/C(=N/Nc1c(C)cccc1Cl)c1ccc(Oc2ncc([N+](=O)[O-])s2)cc1. The van der Waals surface area contributed by atoms with Crippen LogP contribution in [0, 0.1) is 17.0 Å². The molecule has 7 nitrogen and oxygen atoms in total. The van der Waals surface area contributed by atoms with E-state index in [1.54, 1.807) is 18.2 Å². The second-order valence-electron chi connectivity index (χ2n) is 5.59. The molecule has 3 rings (SSSR count). The highest BCUT2D eigenvalue weighted by molar-refractivity contribution is 7.16. The third-order valence-electron chi connectivity index (χ3n) is 3.69. The molecule has 1 N–H and O–H groups in total. The Hall–Kier alpha value is -2.97. The Morgan fingerprint density at radius 1 is 1.30 bits per heavy atom. The van der Waals surface area contributed by atoms with Crippen LogP contribution in [-0.2, 0) is 0 Å². The molecule has 3 aromatic rings. The van der Waals surface area contributed by atoms with Crippen LogP contribution in [0.3, 0.4) is 0 Å². The van der Waals surface area contributed by atoms with Crippen molar-refractivity contribution in [1.29, 1.82) is 0 Å². The lowest BCUT2D eigenvalue weighted by Gasteiger charge is -2.09. The van der Waals surface area contributed by atoms with E-state index in [2.05, 4.69) is 15.5 Å². The lowest BCUT2D eigenvalue weighted by molar-refractivity contribution is -0.380. The van der Waals surface area contributed by atoms with Gasteiger partial charge in [0.2, 0.25) is 0 Å². The molecule has 0 saturated heterocycles. The number of hydrogen-bond donors (Lipinski definition) is 1. The van der Waals surface area contributed by atoms with E-state index in [9.17, 15) is 10.1 Å². The van der Waals surface area contributed by atoms with E-state index in [0.29, 0.717) is 10.8 Å². The van der Waals surface area contributed by atoms with Gasteiger partial charge in [0, 0.05) is 0 Å². The van der Waals surface area contributed by atoms with Gasteiger partial charge in [-0.3, -0.25) is 15.5 Å². The summed E-state index contributed by atoms with van der Waals surface area (Å²) in [6.07, 6.45) is 1.17. The number of aromatic nitrogens is 1. The van der Waals surface area contributed by atoms with E-state index in [-0.39, 0.29) is 10.2 Å². The highest BCUT2D eigenvalue weighted by atomic mass is 35.5. The van der Waals surface area contributed by atoms with Gasteiger partial charge in [-0.25, -0.2) is 4.98 Å². The number of halogens is 1. The zero-order chi connectivity index (χ0) is 19.4. The number of hydrazone groups is 1. The van der Waals surface area contributed by atoms with E-state index in [4.69, 9.17) is 16.3 Å². The average molecular weight is 403 g/mol. The summed E-state index contributed by atoms with van der Waals surface area (Å²) >= 11 is 7.06. The summed E-state index contributed by atoms with van der Waals surface area (Å²) < 4.78 is 5.53. The van der Waals surface area contributed by atoms with Crippen LogP contribution >= 0.6 is 22.9 Å². The van der Waals surface area contributed by atoms with Crippen LogP contribution in [0.1, 0.15) is 18.1 Å². The highest BCUT2D eigenvalue weighted by Crippen LogP contribution is 2.31. The molecule has 0 atom stereocenters. The van der Waals surface area contributed by atoms with Crippen LogP contribution in [0.2, 0.25) is 5.02 Å². The van der Waals surface area contributed by atoms with Crippen molar-refractivity contribution < 1.29 is 9.66 Å². The minimum absolute atomic E-state index is 0.0643. The number of nitro groups is 1. The van der Waals surface area contributed by atoms with Crippen LogP contribution in [0.4, 0.5) is 10.7 Å². The number of hydrogen-bond acceptors (Lipinski definition) is 7. The van der Waals surface area contributed by atoms with Crippen molar-refractivity contribution in [3.05, 3.63) is 74.9 Å². The molecule has 0 aliphatic heterocycles. The van der Waals surface area contributed by atoms with Gasteiger partial charge in [0.25, 0.3) is 5.19 Å². The van der Waals surface area contributed by atoms with Crippen LogP contribution in [0.5, 0.6) is 10.9 Å². The van der Waals surface area contributed by atoms with Crippen molar-refractivity contribution in [2.45, 2.75) is 13.8 Å². The molecular weight excluding hydrogens is 388 g/mol. The van der Waals surface area contributed by atoms with Gasteiger partial charge >= 0.3 is 5.00 Å². The molecule has 0 radical (unpaired) electrons. The molecule has 2 aromatic carbocycles. The maximum atomic E-state index is 10.7. The molecule has 1 aromatic heterocycles. The van der Waals surface area contributed by atoms with Crippen molar-refractivity contribution in [3.63, 3.8) is 0 Å². The number of rotatable bonds is 6. The third kappa shape index (κ3) is 4.60. The molecule has 1 heterocycles. The van der Waals surface area contributed by atoms with E-state index < -0.39 is 4.92 Å². The first-order chi connectivity index (χ1) is 12.9. The minimum Gasteiger partial charge on any atom is -0.431 e. The molecule has 0 fully saturated rings. The smallest absolute Gasteiger partial charge is 0.347 e. The molecule has 0 saturated carbocycles. The second-order valence-corrected chi connectivity index (χ2v) is 6.97. The van der Waals surface area contributed by atoms with Crippen molar-refractivity contribution in [2.75, 3.05) is 5.43 Å². The second kappa shape index (κ2) is 8.15. The van der Waals surface area contributed by atoms with E-state index in [1.165, 1.54) is 6.20 Å². The highest BCUT2D eigenvalue weighted by Gasteiger charge is 2.13. The summed E-state index contributed by atoms with van der Waals surface area (Å²) in [4.78, 5) is 14.1. The molecule has 0 spiro atoms. The van der Waals surface area contributed by atoms with Crippen LogP contribution in [-0.4, -0.2) is 15.6 Å². The molecule has 0 unspecified atom stereocenters. The molecule has 27 heavy (non-hydrogen) atoms. The normalized spacial score (nSPS) is 11.3.